The number of halogens is 3. The molecule has 1 aromatic heterocycles. The van der Waals surface area contributed by atoms with Gasteiger partial charge in [-0.3, -0.25) is 4.68 Å². The second kappa shape index (κ2) is 6.74. The smallest absolute Gasteiger partial charge is 0.137 e. The molecule has 4 unspecified atom stereocenters. The van der Waals surface area contributed by atoms with E-state index in [4.69, 9.17) is 27.9 Å². The van der Waals surface area contributed by atoms with E-state index in [2.05, 4.69) is 26.0 Å². The van der Waals surface area contributed by atoms with Crippen LogP contribution in [0, 0.1) is 0 Å². The molecule has 0 aliphatic carbocycles. The zero-order chi connectivity index (χ0) is 13.9. The summed E-state index contributed by atoms with van der Waals surface area (Å²) >= 11 is 16.0. The molecule has 1 aliphatic rings. The highest BCUT2D eigenvalue weighted by Crippen LogP contribution is 2.37. The van der Waals surface area contributed by atoms with Gasteiger partial charge < -0.3 is 4.74 Å². The van der Waals surface area contributed by atoms with E-state index in [0.717, 1.165) is 19.3 Å². The van der Waals surface area contributed by atoms with E-state index < -0.39 is 0 Å². The average molecular weight is 371 g/mol. The van der Waals surface area contributed by atoms with Gasteiger partial charge in [0.15, 0.2) is 0 Å². The van der Waals surface area contributed by atoms with Crippen LogP contribution in [-0.4, -0.2) is 42.6 Å². The van der Waals surface area contributed by atoms with Crippen LogP contribution >= 0.6 is 39.1 Å². The topological polar surface area (TPSA) is 39.9 Å². The van der Waals surface area contributed by atoms with E-state index >= 15 is 0 Å². The lowest BCUT2D eigenvalue weighted by atomic mass is 9.92. The highest BCUT2D eigenvalue weighted by Gasteiger charge is 2.41. The number of alkyl halides is 3. The molecule has 7 heteroatoms. The molecule has 0 bridgehead atoms. The Kier molecular flexibility index (Phi) is 5.52. The number of hydrogen-bond acceptors (Lipinski definition) is 3. The maximum atomic E-state index is 6.41. The third kappa shape index (κ3) is 4.59. The van der Waals surface area contributed by atoms with Crippen molar-refractivity contribution in [1.29, 1.82) is 0 Å². The van der Waals surface area contributed by atoms with Crippen LogP contribution in [0.5, 0.6) is 0 Å². The SMILES string of the molecule is CC(Cl)CC(Cl)CC1(Cn2cncn2)CC(Br)CO1. The average Bonchev–Trinajstić information content (AvgIpc) is 2.88. The maximum Gasteiger partial charge on any atom is 0.137 e. The van der Waals surface area contributed by atoms with Gasteiger partial charge in [0.2, 0.25) is 0 Å². The fourth-order valence-corrected chi connectivity index (χ4v) is 4.13. The van der Waals surface area contributed by atoms with Crippen LogP contribution in [0.2, 0.25) is 0 Å². The molecule has 1 aromatic rings. The predicted octanol–water partition coefficient (Wildman–Crippen LogP) is 3.22. The minimum atomic E-state index is -0.278. The fourth-order valence-electron chi connectivity index (χ4n) is 2.55. The number of hydrogen-bond donors (Lipinski definition) is 0. The number of ether oxygens (including phenoxy) is 1. The molecule has 4 atom stereocenters. The van der Waals surface area contributed by atoms with Crippen molar-refractivity contribution in [2.45, 2.75) is 53.9 Å². The van der Waals surface area contributed by atoms with Gasteiger partial charge in [-0.1, -0.05) is 15.9 Å². The second-order valence-corrected chi connectivity index (χ2v) is 7.86. The van der Waals surface area contributed by atoms with E-state index in [1.807, 2.05) is 6.92 Å². The highest BCUT2D eigenvalue weighted by molar-refractivity contribution is 9.09. The standard InChI is InChI=1S/C12H18BrCl2N3O/c1-9(14)2-11(15)4-12(3-10(13)5-19-12)6-18-8-16-7-17-18/h7-11H,2-6H2,1H3. The quantitative estimate of drug-likeness (QED) is 0.722. The number of aromatic nitrogens is 3. The summed E-state index contributed by atoms with van der Waals surface area (Å²) in [7, 11) is 0. The molecule has 0 aromatic carbocycles. The van der Waals surface area contributed by atoms with Gasteiger partial charge in [-0.05, 0) is 26.2 Å². The van der Waals surface area contributed by atoms with Gasteiger partial charge in [-0.2, -0.15) is 5.10 Å². The van der Waals surface area contributed by atoms with Crippen LogP contribution in [0.25, 0.3) is 0 Å². The van der Waals surface area contributed by atoms with E-state index in [-0.39, 0.29) is 16.4 Å². The molecule has 1 saturated heterocycles. The first-order chi connectivity index (χ1) is 8.99. The summed E-state index contributed by atoms with van der Waals surface area (Å²) < 4.78 is 7.82. The summed E-state index contributed by atoms with van der Waals surface area (Å²) in [5.74, 6) is 0. The summed E-state index contributed by atoms with van der Waals surface area (Å²) in [5, 5.41) is 4.24. The van der Waals surface area contributed by atoms with E-state index in [1.165, 1.54) is 6.33 Å². The van der Waals surface area contributed by atoms with Crippen molar-refractivity contribution in [2.75, 3.05) is 6.61 Å². The minimum absolute atomic E-state index is 0.00817. The van der Waals surface area contributed by atoms with E-state index in [9.17, 15) is 0 Å². The first-order valence-electron chi connectivity index (χ1n) is 6.38. The summed E-state index contributed by atoms with van der Waals surface area (Å²) in [6.45, 7) is 3.34. The van der Waals surface area contributed by atoms with Crippen LogP contribution in [0.4, 0.5) is 0 Å². The predicted molar refractivity (Wildman–Crippen MR) is 80.2 cm³/mol. The van der Waals surface area contributed by atoms with Crippen molar-refractivity contribution >= 4 is 39.1 Å². The Balaban J connectivity index is 2.03. The van der Waals surface area contributed by atoms with Crippen LogP contribution in [-0.2, 0) is 11.3 Å². The second-order valence-electron chi connectivity index (χ2n) is 5.21. The van der Waals surface area contributed by atoms with Crippen molar-refractivity contribution in [3.8, 4) is 0 Å². The van der Waals surface area contributed by atoms with Crippen LogP contribution in [0.15, 0.2) is 12.7 Å². The van der Waals surface area contributed by atoms with Crippen LogP contribution in [0.1, 0.15) is 26.2 Å². The van der Waals surface area contributed by atoms with Gasteiger partial charge >= 0.3 is 0 Å². The van der Waals surface area contributed by atoms with Crippen molar-refractivity contribution in [3.05, 3.63) is 12.7 Å². The molecule has 0 N–H and O–H groups in total. The molecule has 1 fully saturated rings. The van der Waals surface area contributed by atoms with Gasteiger partial charge in [0.05, 0.1) is 18.8 Å². The van der Waals surface area contributed by atoms with Crippen LogP contribution in [0.3, 0.4) is 0 Å². The molecular formula is C12H18BrCl2N3O. The Bertz CT molecular complexity index is 390. The summed E-state index contributed by atoms with van der Waals surface area (Å²) in [6, 6.07) is 0. The molecule has 2 heterocycles. The van der Waals surface area contributed by atoms with Gasteiger partial charge in [0.1, 0.15) is 12.7 Å². The lowest BCUT2D eigenvalue weighted by Gasteiger charge is -2.30. The maximum absolute atomic E-state index is 6.41. The number of rotatable bonds is 6. The summed E-state index contributed by atoms with van der Waals surface area (Å²) in [6.07, 6.45) is 5.71. The molecule has 2 rings (SSSR count). The Morgan fingerprint density at radius 3 is 2.89 bits per heavy atom. The zero-order valence-electron chi connectivity index (χ0n) is 10.8. The normalized spacial score (nSPS) is 30.4. The molecule has 1 aliphatic heterocycles. The Hall–Kier alpha value is 0.160. The molecule has 4 nitrogen and oxygen atoms in total. The lowest BCUT2D eigenvalue weighted by Crippen LogP contribution is -2.37. The summed E-state index contributed by atoms with van der Waals surface area (Å²) in [5.41, 5.74) is -0.278. The Labute approximate surface area is 131 Å². The Morgan fingerprint density at radius 1 is 1.58 bits per heavy atom. The molecule has 0 spiro atoms. The van der Waals surface area contributed by atoms with Gasteiger partial charge in [-0.25, -0.2) is 4.98 Å². The third-order valence-electron chi connectivity index (χ3n) is 3.25. The molecule has 0 amide bonds. The molecule has 19 heavy (non-hydrogen) atoms. The fraction of sp³-hybridized carbons (Fsp3) is 0.833. The minimum Gasteiger partial charge on any atom is -0.372 e. The monoisotopic (exact) mass is 369 g/mol. The van der Waals surface area contributed by atoms with Crippen molar-refractivity contribution in [1.82, 2.24) is 14.8 Å². The third-order valence-corrected chi connectivity index (χ3v) is 4.35. The van der Waals surface area contributed by atoms with Crippen LogP contribution < -0.4 is 0 Å². The largest absolute Gasteiger partial charge is 0.372 e. The molecule has 0 radical (unpaired) electrons. The van der Waals surface area contributed by atoms with Crippen molar-refractivity contribution in [3.63, 3.8) is 0 Å². The van der Waals surface area contributed by atoms with E-state index in [0.29, 0.717) is 18.0 Å². The first kappa shape index (κ1) is 15.5. The highest BCUT2D eigenvalue weighted by atomic mass is 79.9. The number of nitrogens with zero attached hydrogens (tertiary/aromatic N) is 3. The Morgan fingerprint density at radius 2 is 2.37 bits per heavy atom. The lowest BCUT2D eigenvalue weighted by molar-refractivity contribution is -0.0198. The first-order valence-corrected chi connectivity index (χ1v) is 8.16. The van der Waals surface area contributed by atoms with E-state index in [1.54, 1.807) is 11.0 Å². The zero-order valence-corrected chi connectivity index (χ0v) is 13.9. The van der Waals surface area contributed by atoms with Gasteiger partial charge in [-0.15, -0.1) is 23.2 Å². The molecule has 0 saturated carbocycles. The van der Waals surface area contributed by atoms with Crippen molar-refractivity contribution < 1.29 is 4.74 Å². The van der Waals surface area contributed by atoms with Gasteiger partial charge in [0.25, 0.3) is 0 Å². The summed E-state index contributed by atoms with van der Waals surface area (Å²) in [4.78, 5) is 4.34. The molecular weight excluding hydrogens is 353 g/mol. The van der Waals surface area contributed by atoms with Crippen molar-refractivity contribution in [2.24, 2.45) is 0 Å². The molecule has 108 valence electrons. The van der Waals surface area contributed by atoms with Gasteiger partial charge in [0, 0.05) is 15.6 Å².